The molecule has 0 N–H and O–H groups in total. The van der Waals surface area contributed by atoms with Crippen LogP contribution in [0.1, 0.15) is 27.2 Å². The van der Waals surface area contributed by atoms with E-state index in [1.807, 2.05) is 0 Å². The third-order valence-corrected chi connectivity index (χ3v) is 9.77. The van der Waals surface area contributed by atoms with Gasteiger partial charge in [-0.3, -0.25) is 4.79 Å². The van der Waals surface area contributed by atoms with Gasteiger partial charge in [0.05, 0.1) is 13.2 Å². The molecule has 0 aromatic rings. The summed E-state index contributed by atoms with van der Waals surface area (Å²) in [5, 5.41) is 0.159. The minimum absolute atomic E-state index is 0.00175. The molecule has 0 aliphatic carbocycles. The second kappa shape index (κ2) is 6.40. The number of carbonyl (C=O) groups excluding carboxylic acids is 1. The van der Waals surface area contributed by atoms with Crippen LogP contribution in [0, 0.1) is 0 Å². The van der Waals surface area contributed by atoms with Crippen LogP contribution >= 0.6 is 22.6 Å². The van der Waals surface area contributed by atoms with Gasteiger partial charge in [0.2, 0.25) is 0 Å². The number of rotatable bonds is 4. The quantitative estimate of drug-likeness (QED) is 0.315. The van der Waals surface area contributed by atoms with Gasteiger partial charge in [0, 0.05) is 6.61 Å². The van der Waals surface area contributed by atoms with E-state index in [1.54, 1.807) is 0 Å². The fourth-order valence-corrected chi connectivity index (χ4v) is 4.08. The van der Waals surface area contributed by atoms with E-state index < -0.39 is 8.32 Å². The standard InChI is InChI=1S/C13H25IO4Si/c1-13(2,3)19(5,6)18-9-7-8-17-11(9)10(14)12(15)16-4/h9-11H,7-8H2,1-6H3/t9?,10-,11-/m0/s1. The van der Waals surface area contributed by atoms with Gasteiger partial charge >= 0.3 is 5.97 Å². The highest BCUT2D eigenvalue weighted by Gasteiger charge is 2.45. The number of esters is 1. The predicted octanol–water partition coefficient (Wildman–Crippen LogP) is 3.14. The molecule has 0 saturated carbocycles. The Labute approximate surface area is 130 Å². The highest BCUT2D eigenvalue weighted by atomic mass is 127. The highest BCUT2D eigenvalue weighted by molar-refractivity contribution is 14.1. The van der Waals surface area contributed by atoms with Gasteiger partial charge in [0.1, 0.15) is 10.0 Å². The molecule has 0 bridgehead atoms. The van der Waals surface area contributed by atoms with Crippen molar-refractivity contribution in [1.29, 1.82) is 0 Å². The number of carbonyl (C=O) groups is 1. The van der Waals surface area contributed by atoms with Crippen LogP contribution < -0.4 is 0 Å². The molecular formula is C13H25IO4Si. The van der Waals surface area contributed by atoms with Crippen molar-refractivity contribution in [2.75, 3.05) is 13.7 Å². The van der Waals surface area contributed by atoms with Crippen LogP contribution in [0.3, 0.4) is 0 Å². The van der Waals surface area contributed by atoms with Gasteiger partial charge in [0.25, 0.3) is 0 Å². The number of ether oxygens (including phenoxy) is 2. The lowest BCUT2D eigenvalue weighted by Crippen LogP contribution is -2.48. The minimum Gasteiger partial charge on any atom is -0.468 e. The zero-order valence-electron chi connectivity index (χ0n) is 12.7. The zero-order chi connectivity index (χ0) is 14.8. The Morgan fingerprint density at radius 3 is 2.47 bits per heavy atom. The summed E-state index contributed by atoms with van der Waals surface area (Å²) in [5.74, 6) is -0.240. The van der Waals surface area contributed by atoms with Crippen LogP contribution in [-0.4, -0.2) is 44.1 Å². The van der Waals surface area contributed by atoms with E-state index in [4.69, 9.17) is 13.9 Å². The summed E-state index contributed by atoms with van der Waals surface area (Å²) in [6, 6.07) is 0. The Hall–Kier alpha value is 0.337. The van der Waals surface area contributed by atoms with Crippen LogP contribution in [0.5, 0.6) is 0 Å². The van der Waals surface area contributed by atoms with Crippen molar-refractivity contribution in [3.63, 3.8) is 0 Å². The third kappa shape index (κ3) is 4.15. The van der Waals surface area contributed by atoms with E-state index in [2.05, 4.69) is 56.5 Å². The normalized spacial score (nSPS) is 26.3. The summed E-state index contributed by atoms with van der Waals surface area (Å²) in [7, 11) is -0.429. The maximum atomic E-state index is 11.7. The summed E-state index contributed by atoms with van der Waals surface area (Å²) in [6.45, 7) is 11.7. The summed E-state index contributed by atoms with van der Waals surface area (Å²) < 4.78 is 16.6. The third-order valence-electron chi connectivity index (χ3n) is 4.05. The fourth-order valence-electron chi connectivity index (χ4n) is 1.79. The molecule has 0 aromatic heterocycles. The van der Waals surface area contributed by atoms with Crippen molar-refractivity contribution < 1.29 is 18.7 Å². The van der Waals surface area contributed by atoms with Crippen LogP contribution in [0.2, 0.25) is 18.1 Å². The lowest BCUT2D eigenvalue weighted by Gasteiger charge is -2.39. The van der Waals surface area contributed by atoms with Crippen LogP contribution in [0.25, 0.3) is 0 Å². The first-order valence-electron chi connectivity index (χ1n) is 6.61. The Morgan fingerprint density at radius 2 is 2.00 bits per heavy atom. The molecule has 4 nitrogen and oxygen atoms in total. The molecule has 0 aromatic carbocycles. The summed E-state index contributed by atoms with van der Waals surface area (Å²) >= 11 is 2.09. The second-order valence-corrected chi connectivity index (χ2v) is 12.6. The molecule has 3 atom stereocenters. The average Bonchev–Trinajstić information content (AvgIpc) is 2.72. The topological polar surface area (TPSA) is 44.8 Å². The van der Waals surface area contributed by atoms with E-state index >= 15 is 0 Å². The molecule has 1 rings (SSSR count). The maximum absolute atomic E-state index is 11.7. The number of hydrogen-bond acceptors (Lipinski definition) is 4. The van der Waals surface area contributed by atoms with Gasteiger partial charge < -0.3 is 13.9 Å². The Morgan fingerprint density at radius 1 is 1.42 bits per heavy atom. The largest absolute Gasteiger partial charge is 0.468 e. The Kier molecular flexibility index (Phi) is 5.86. The molecule has 0 spiro atoms. The molecular weight excluding hydrogens is 375 g/mol. The average molecular weight is 400 g/mol. The molecule has 1 unspecified atom stereocenters. The molecule has 1 heterocycles. The molecule has 0 radical (unpaired) electrons. The lowest BCUT2D eigenvalue weighted by molar-refractivity contribution is -0.142. The number of methoxy groups -OCH3 is 1. The molecule has 1 fully saturated rings. The number of hydrogen-bond donors (Lipinski definition) is 0. The molecule has 1 aliphatic heterocycles. The van der Waals surface area contributed by atoms with Gasteiger partial charge in [0.15, 0.2) is 8.32 Å². The van der Waals surface area contributed by atoms with Crippen LogP contribution in [0.15, 0.2) is 0 Å². The first-order chi connectivity index (χ1) is 8.60. The minimum atomic E-state index is -1.84. The molecule has 0 amide bonds. The fraction of sp³-hybridized carbons (Fsp3) is 0.923. The van der Waals surface area contributed by atoms with Crippen molar-refractivity contribution in [2.24, 2.45) is 0 Å². The van der Waals surface area contributed by atoms with Crippen molar-refractivity contribution in [2.45, 2.75) is 61.5 Å². The predicted molar refractivity (Wildman–Crippen MR) is 86.3 cm³/mol. The van der Waals surface area contributed by atoms with Crippen LogP contribution in [-0.2, 0) is 18.7 Å². The first kappa shape index (κ1) is 17.4. The molecule has 112 valence electrons. The van der Waals surface area contributed by atoms with Crippen molar-refractivity contribution in [3.05, 3.63) is 0 Å². The van der Waals surface area contributed by atoms with Gasteiger partial charge in [-0.05, 0) is 24.6 Å². The van der Waals surface area contributed by atoms with Crippen molar-refractivity contribution in [3.8, 4) is 0 Å². The maximum Gasteiger partial charge on any atom is 0.321 e. The Bertz CT molecular complexity index is 327. The van der Waals surface area contributed by atoms with E-state index in [9.17, 15) is 4.79 Å². The molecule has 1 saturated heterocycles. The van der Waals surface area contributed by atoms with Gasteiger partial charge in [-0.1, -0.05) is 43.4 Å². The molecule has 1 aliphatic rings. The highest BCUT2D eigenvalue weighted by Crippen LogP contribution is 2.39. The van der Waals surface area contributed by atoms with Gasteiger partial charge in [-0.2, -0.15) is 0 Å². The monoisotopic (exact) mass is 400 g/mol. The van der Waals surface area contributed by atoms with Crippen molar-refractivity contribution in [1.82, 2.24) is 0 Å². The smallest absolute Gasteiger partial charge is 0.321 e. The van der Waals surface area contributed by atoms with Gasteiger partial charge in [-0.15, -0.1) is 0 Å². The van der Waals surface area contributed by atoms with E-state index in [-0.39, 0.29) is 27.1 Å². The second-order valence-electron chi connectivity index (χ2n) is 6.47. The lowest BCUT2D eigenvalue weighted by atomic mass is 10.1. The summed E-state index contributed by atoms with van der Waals surface area (Å²) in [5.41, 5.74) is 0. The number of halogens is 1. The van der Waals surface area contributed by atoms with E-state index in [1.165, 1.54) is 7.11 Å². The van der Waals surface area contributed by atoms with Crippen molar-refractivity contribution >= 4 is 36.9 Å². The van der Waals surface area contributed by atoms with E-state index in [0.29, 0.717) is 6.61 Å². The SMILES string of the molecule is COC(=O)[C@@H](I)[C@H]1OCCC1O[Si](C)(C)C(C)(C)C. The first-order valence-corrected chi connectivity index (χ1v) is 10.8. The van der Waals surface area contributed by atoms with Crippen LogP contribution in [0.4, 0.5) is 0 Å². The summed E-state index contributed by atoms with van der Waals surface area (Å²) in [4.78, 5) is 11.7. The Balaban J connectivity index is 2.75. The number of alkyl halides is 1. The molecule has 6 heteroatoms. The van der Waals surface area contributed by atoms with E-state index in [0.717, 1.165) is 6.42 Å². The summed E-state index contributed by atoms with van der Waals surface area (Å²) in [6.07, 6.45) is 0.664. The molecule has 19 heavy (non-hydrogen) atoms. The zero-order valence-corrected chi connectivity index (χ0v) is 15.8. The van der Waals surface area contributed by atoms with Gasteiger partial charge in [-0.25, -0.2) is 0 Å².